The Morgan fingerprint density at radius 3 is 2.46 bits per heavy atom. The zero-order chi connectivity index (χ0) is 9.68. The first-order valence-corrected chi connectivity index (χ1v) is 5.01. The summed E-state index contributed by atoms with van der Waals surface area (Å²) in [5, 5.41) is 5.51. The molecule has 0 aromatic carbocycles. The second-order valence-corrected chi connectivity index (χ2v) is 3.49. The first-order chi connectivity index (χ1) is 6.25. The Morgan fingerprint density at radius 2 is 1.92 bits per heavy atom. The molecule has 2 N–H and O–H groups in total. The standard InChI is InChI=1S/C10H18N2O/c1-3-4-5-6-7-9-8(2)10(13)12-11-9/h3-7H2,1-2H3,(H2,11,12,13). The van der Waals surface area contributed by atoms with Gasteiger partial charge in [-0.3, -0.25) is 9.89 Å². The zero-order valence-electron chi connectivity index (χ0n) is 8.44. The van der Waals surface area contributed by atoms with E-state index >= 15 is 0 Å². The molecule has 3 nitrogen and oxygen atoms in total. The monoisotopic (exact) mass is 182 g/mol. The van der Waals surface area contributed by atoms with E-state index in [0.717, 1.165) is 17.7 Å². The topological polar surface area (TPSA) is 48.6 Å². The molecule has 1 heterocycles. The molecule has 1 aromatic rings. The lowest BCUT2D eigenvalue weighted by molar-refractivity contribution is 0.658. The lowest BCUT2D eigenvalue weighted by atomic mass is 10.1. The van der Waals surface area contributed by atoms with E-state index < -0.39 is 0 Å². The molecule has 0 aliphatic rings. The Kier molecular flexibility index (Phi) is 3.80. The van der Waals surface area contributed by atoms with E-state index in [1.165, 1.54) is 25.7 Å². The van der Waals surface area contributed by atoms with Gasteiger partial charge in [-0.05, 0) is 19.8 Å². The van der Waals surface area contributed by atoms with Gasteiger partial charge in [0.2, 0.25) is 0 Å². The lowest BCUT2D eigenvalue weighted by Crippen LogP contribution is -2.01. The second kappa shape index (κ2) is 4.90. The highest BCUT2D eigenvalue weighted by molar-refractivity contribution is 5.13. The van der Waals surface area contributed by atoms with Crippen molar-refractivity contribution in [2.45, 2.75) is 46.0 Å². The largest absolute Gasteiger partial charge is 0.302 e. The Hall–Kier alpha value is -0.990. The number of nitrogens with one attached hydrogen (secondary N) is 2. The van der Waals surface area contributed by atoms with Gasteiger partial charge in [-0.2, -0.15) is 0 Å². The van der Waals surface area contributed by atoms with E-state index in [0.29, 0.717) is 0 Å². The van der Waals surface area contributed by atoms with Crippen LogP contribution in [-0.4, -0.2) is 10.2 Å². The summed E-state index contributed by atoms with van der Waals surface area (Å²) in [6.45, 7) is 4.06. The van der Waals surface area contributed by atoms with Crippen molar-refractivity contribution in [2.75, 3.05) is 0 Å². The summed E-state index contributed by atoms with van der Waals surface area (Å²) in [6, 6.07) is 0. The van der Waals surface area contributed by atoms with Gasteiger partial charge in [0, 0.05) is 11.3 Å². The van der Waals surface area contributed by atoms with Crippen molar-refractivity contribution in [3.05, 3.63) is 21.6 Å². The molecule has 0 amide bonds. The van der Waals surface area contributed by atoms with Gasteiger partial charge in [-0.25, -0.2) is 0 Å². The molecule has 1 rings (SSSR count). The maximum absolute atomic E-state index is 11.0. The van der Waals surface area contributed by atoms with Gasteiger partial charge in [-0.15, -0.1) is 0 Å². The molecule has 74 valence electrons. The van der Waals surface area contributed by atoms with Crippen molar-refractivity contribution in [1.29, 1.82) is 0 Å². The molecule has 0 fully saturated rings. The van der Waals surface area contributed by atoms with E-state index in [9.17, 15) is 4.79 Å². The smallest absolute Gasteiger partial charge is 0.267 e. The van der Waals surface area contributed by atoms with Crippen LogP contribution < -0.4 is 5.56 Å². The van der Waals surface area contributed by atoms with Crippen LogP contribution in [0.1, 0.15) is 43.9 Å². The molecule has 0 radical (unpaired) electrons. The van der Waals surface area contributed by atoms with Crippen LogP contribution in [-0.2, 0) is 6.42 Å². The van der Waals surface area contributed by atoms with Gasteiger partial charge in [0.1, 0.15) is 0 Å². The van der Waals surface area contributed by atoms with Gasteiger partial charge in [0.15, 0.2) is 0 Å². The van der Waals surface area contributed by atoms with Crippen LogP contribution in [0.5, 0.6) is 0 Å². The maximum Gasteiger partial charge on any atom is 0.267 e. The predicted octanol–water partition coefficient (Wildman–Crippen LogP) is 2.13. The van der Waals surface area contributed by atoms with Crippen molar-refractivity contribution in [2.24, 2.45) is 0 Å². The Morgan fingerprint density at radius 1 is 1.15 bits per heavy atom. The summed E-state index contributed by atoms with van der Waals surface area (Å²) in [6.07, 6.45) is 5.95. The number of H-pyrrole nitrogens is 2. The van der Waals surface area contributed by atoms with Gasteiger partial charge >= 0.3 is 0 Å². The van der Waals surface area contributed by atoms with Crippen LogP contribution in [0.3, 0.4) is 0 Å². The van der Waals surface area contributed by atoms with Crippen LogP contribution >= 0.6 is 0 Å². The molecule has 3 heteroatoms. The second-order valence-electron chi connectivity index (χ2n) is 3.49. The van der Waals surface area contributed by atoms with Crippen LogP contribution in [0.25, 0.3) is 0 Å². The lowest BCUT2D eigenvalue weighted by Gasteiger charge is -1.98. The van der Waals surface area contributed by atoms with E-state index in [1.54, 1.807) is 0 Å². The molecule has 0 saturated heterocycles. The van der Waals surface area contributed by atoms with Crippen molar-refractivity contribution in [3.63, 3.8) is 0 Å². The Bertz CT molecular complexity index is 298. The molecule has 0 bridgehead atoms. The molecule has 1 aromatic heterocycles. The number of aromatic nitrogens is 2. The number of aromatic amines is 2. The maximum atomic E-state index is 11.0. The summed E-state index contributed by atoms with van der Waals surface area (Å²) in [5.41, 5.74) is 1.93. The van der Waals surface area contributed by atoms with Crippen molar-refractivity contribution in [1.82, 2.24) is 10.2 Å². The molecule has 0 saturated carbocycles. The predicted molar refractivity (Wildman–Crippen MR) is 54.0 cm³/mol. The van der Waals surface area contributed by atoms with Crippen LogP contribution in [0, 0.1) is 6.92 Å². The van der Waals surface area contributed by atoms with Crippen molar-refractivity contribution < 1.29 is 0 Å². The summed E-state index contributed by atoms with van der Waals surface area (Å²) < 4.78 is 0. The fourth-order valence-corrected chi connectivity index (χ4v) is 1.44. The molecule has 0 aliphatic heterocycles. The third-order valence-corrected chi connectivity index (χ3v) is 2.40. The van der Waals surface area contributed by atoms with E-state index in [-0.39, 0.29) is 5.56 Å². The van der Waals surface area contributed by atoms with Gasteiger partial charge in [0.25, 0.3) is 5.56 Å². The highest BCUT2D eigenvalue weighted by Gasteiger charge is 2.02. The number of hydrogen-bond acceptors (Lipinski definition) is 1. The van der Waals surface area contributed by atoms with Crippen molar-refractivity contribution >= 4 is 0 Å². The fourth-order valence-electron chi connectivity index (χ4n) is 1.44. The van der Waals surface area contributed by atoms with E-state index in [4.69, 9.17) is 0 Å². The third kappa shape index (κ3) is 2.76. The SMILES string of the molecule is CCCCCCc1[nH][nH]c(=O)c1C. The van der Waals surface area contributed by atoms with E-state index in [2.05, 4.69) is 17.1 Å². The van der Waals surface area contributed by atoms with E-state index in [1.807, 2.05) is 6.92 Å². The van der Waals surface area contributed by atoms with Gasteiger partial charge in [-0.1, -0.05) is 26.2 Å². The quantitative estimate of drug-likeness (QED) is 0.673. The minimum absolute atomic E-state index is 0.0190. The molecular formula is C10H18N2O. The average Bonchev–Trinajstić information content (AvgIpc) is 2.43. The zero-order valence-corrected chi connectivity index (χ0v) is 8.44. The summed E-state index contributed by atoms with van der Waals surface area (Å²) in [4.78, 5) is 11.0. The fraction of sp³-hybridized carbons (Fsp3) is 0.700. The first-order valence-electron chi connectivity index (χ1n) is 5.01. The summed E-state index contributed by atoms with van der Waals surface area (Å²) in [7, 11) is 0. The number of hydrogen-bond donors (Lipinski definition) is 2. The molecule has 13 heavy (non-hydrogen) atoms. The number of unbranched alkanes of at least 4 members (excludes halogenated alkanes) is 3. The molecule has 0 aliphatic carbocycles. The minimum Gasteiger partial charge on any atom is -0.302 e. The van der Waals surface area contributed by atoms with Crippen molar-refractivity contribution in [3.8, 4) is 0 Å². The van der Waals surface area contributed by atoms with Gasteiger partial charge < -0.3 is 5.10 Å². The normalized spacial score (nSPS) is 10.6. The summed E-state index contributed by atoms with van der Waals surface area (Å²) in [5.74, 6) is 0. The van der Waals surface area contributed by atoms with Crippen LogP contribution in [0.4, 0.5) is 0 Å². The van der Waals surface area contributed by atoms with Crippen LogP contribution in [0.2, 0.25) is 0 Å². The highest BCUT2D eigenvalue weighted by Crippen LogP contribution is 2.06. The average molecular weight is 182 g/mol. The molecule has 0 atom stereocenters. The number of aryl methyl sites for hydroxylation is 1. The highest BCUT2D eigenvalue weighted by atomic mass is 16.1. The Balaban J connectivity index is 2.37. The molecule has 0 spiro atoms. The van der Waals surface area contributed by atoms with Gasteiger partial charge in [0.05, 0.1) is 0 Å². The minimum atomic E-state index is 0.0190. The first kappa shape index (κ1) is 10.1. The van der Waals surface area contributed by atoms with Crippen LogP contribution in [0.15, 0.2) is 4.79 Å². The molecule has 0 unspecified atom stereocenters. The summed E-state index contributed by atoms with van der Waals surface area (Å²) >= 11 is 0. The molecular weight excluding hydrogens is 164 g/mol. The third-order valence-electron chi connectivity index (χ3n) is 2.40. The Labute approximate surface area is 78.5 Å². The number of rotatable bonds is 5.